The molecule has 1 aromatic rings. The van der Waals surface area contributed by atoms with Gasteiger partial charge in [-0.2, -0.15) is 0 Å². The lowest BCUT2D eigenvalue weighted by atomic mass is 9.90. The SMILES string of the molecule is CC(C)(CCCl)CNC(=O)Cc1cccc(F)c1. The van der Waals surface area contributed by atoms with E-state index >= 15 is 0 Å². The van der Waals surface area contributed by atoms with Crippen LogP contribution in [0.2, 0.25) is 0 Å². The number of carbonyl (C=O) groups is 1. The second-order valence-corrected chi connectivity index (χ2v) is 5.56. The molecule has 4 heteroatoms. The van der Waals surface area contributed by atoms with Gasteiger partial charge in [-0.05, 0) is 29.5 Å². The second-order valence-electron chi connectivity index (χ2n) is 5.19. The zero-order valence-electron chi connectivity index (χ0n) is 10.8. The Bertz CT molecular complexity index is 407. The summed E-state index contributed by atoms with van der Waals surface area (Å²) in [7, 11) is 0. The molecule has 1 amide bonds. The molecule has 2 nitrogen and oxygen atoms in total. The second kappa shape index (κ2) is 6.74. The predicted molar refractivity (Wildman–Crippen MR) is 72.2 cm³/mol. The summed E-state index contributed by atoms with van der Waals surface area (Å²) >= 11 is 5.69. The summed E-state index contributed by atoms with van der Waals surface area (Å²) in [6, 6.07) is 6.09. The van der Waals surface area contributed by atoms with E-state index in [0.717, 1.165) is 6.42 Å². The highest BCUT2D eigenvalue weighted by Crippen LogP contribution is 2.19. The molecule has 1 N–H and O–H groups in total. The molecule has 0 bridgehead atoms. The van der Waals surface area contributed by atoms with Gasteiger partial charge in [-0.1, -0.05) is 26.0 Å². The van der Waals surface area contributed by atoms with E-state index in [1.54, 1.807) is 12.1 Å². The van der Waals surface area contributed by atoms with Crippen LogP contribution in [0.5, 0.6) is 0 Å². The topological polar surface area (TPSA) is 29.1 Å². The zero-order chi connectivity index (χ0) is 13.6. The molecule has 0 unspecified atom stereocenters. The summed E-state index contributed by atoms with van der Waals surface area (Å²) in [4.78, 5) is 11.7. The minimum Gasteiger partial charge on any atom is -0.355 e. The van der Waals surface area contributed by atoms with Crippen molar-refractivity contribution in [1.82, 2.24) is 5.32 Å². The average Bonchev–Trinajstić information content (AvgIpc) is 2.26. The van der Waals surface area contributed by atoms with E-state index in [1.165, 1.54) is 12.1 Å². The maximum Gasteiger partial charge on any atom is 0.224 e. The number of halogens is 2. The van der Waals surface area contributed by atoms with Gasteiger partial charge in [0.05, 0.1) is 6.42 Å². The van der Waals surface area contributed by atoms with Gasteiger partial charge in [-0.3, -0.25) is 4.79 Å². The van der Waals surface area contributed by atoms with Crippen LogP contribution in [0.3, 0.4) is 0 Å². The van der Waals surface area contributed by atoms with E-state index < -0.39 is 0 Å². The Labute approximate surface area is 113 Å². The first-order valence-corrected chi connectivity index (χ1v) is 6.53. The van der Waals surface area contributed by atoms with Crippen molar-refractivity contribution in [2.24, 2.45) is 5.41 Å². The van der Waals surface area contributed by atoms with Gasteiger partial charge in [-0.15, -0.1) is 11.6 Å². The van der Waals surface area contributed by atoms with E-state index in [-0.39, 0.29) is 23.6 Å². The predicted octanol–water partition coefficient (Wildman–Crippen LogP) is 3.14. The standard InChI is InChI=1S/C14H19ClFNO/c1-14(2,6-7-15)10-17-13(18)9-11-4-3-5-12(16)8-11/h3-5,8H,6-7,9-10H2,1-2H3,(H,17,18). The lowest BCUT2D eigenvalue weighted by molar-refractivity contribution is -0.120. The van der Waals surface area contributed by atoms with Gasteiger partial charge in [0.1, 0.15) is 5.82 Å². The number of rotatable bonds is 6. The zero-order valence-corrected chi connectivity index (χ0v) is 11.6. The summed E-state index contributed by atoms with van der Waals surface area (Å²) in [5.74, 6) is 0.165. The van der Waals surface area contributed by atoms with Crippen LogP contribution in [-0.2, 0) is 11.2 Å². The van der Waals surface area contributed by atoms with Crippen molar-refractivity contribution in [1.29, 1.82) is 0 Å². The van der Waals surface area contributed by atoms with Crippen LogP contribution in [0.4, 0.5) is 4.39 Å². The van der Waals surface area contributed by atoms with Gasteiger partial charge in [0, 0.05) is 12.4 Å². The fourth-order valence-electron chi connectivity index (χ4n) is 1.58. The first-order chi connectivity index (χ1) is 8.43. The van der Waals surface area contributed by atoms with Crippen molar-refractivity contribution >= 4 is 17.5 Å². The highest BCUT2D eigenvalue weighted by atomic mass is 35.5. The highest BCUT2D eigenvalue weighted by Gasteiger charge is 2.18. The van der Waals surface area contributed by atoms with E-state index in [0.29, 0.717) is 18.0 Å². The summed E-state index contributed by atoms with van der Waals surface area (Å²) in [6.07, 6.45) is 1.05. The Morgan fingerprint density at radius 1 is 1.44 bits per heavy atom. The molecule has 0 aliphatic heterocycles. The molecule has 1 aromatic carbocycles. The molecule has 0 aliphatic carbocycles. The number of nitrogens with one attached hydrogen (secondary N) is 1. The van der Waals surface area contributed by atoms with Crippen molar-refractivity contribution in [3.8, 4) is 0 Å². The van der Waals surface area contributed by atoms with Crippen molar-refractivity contribution in [3.63, 3.8) is 0 Å². The molecule has 0 atom stereocenters. The van der Waals surface area contributed by atoms with Crippen LogP contribution in [0.15, 0.2) is 24.3 Å². The normalized spacial score (nSPS) is 11.3. The van der Waals surface area contributed by atoms with Gasteiger partial charge in [0.25, 0.3) is 0 Å². The summed E-state index contributed by atoms with van der Waals surface area (Å²) in [6.45, 7) is 4.68. The number of carbonyl (C=O) groups excluding carboxylic acids is 1. The van der Waals surface area contributed by atoms with E-state index in [4.69, 9.17) is 11.6 Å². The molecule has 0 spiro atoms. The fourth-order valence-corrected chi connectivity index (χ4v) is 2.09. The third kappa shape index (κ3) is 5.50. The molecule has 0 aromatic heterocycles. The Balaban J connectivity index is 2.43. The van der Waals surface area contributed by atoms with Gasteiger partial charge < -0.3 is 5.32 Å². The number of amides is 1. The molecular weight excluding hydrogens is 253 g/mol. The van der Waals surface area contributed by atoms with Gasteiger partial charge in [-0.25, -0.2) is 4.39 Å². The number of benzene rings is 1. The fraction of sp³-hybridized carbons (Fsp3) is 0.500. The average molecular weight is 272 g/mol. The molecule has 100 valence electrons. The van der Waals surface area contributed by atoms with Gasteiger partial charge in [0.2, 0.25) is 5.91 Å². The Morgan fingerprint density at radius 3 is 2.78 bits per heavy atom. The van der Waals surface area contributed by atoms with Crippen LogP contribution < -0.4 is 5.32 Å². The van der Waals surface area contributed by atoms with Crippen LogP contribution in [0.25, 0.3) is 0 Å². The van der Waals surface area contributed by atoms with E-state index in [1.807, 2.05) is 0 Å². The first kappa shape index (κ1) is 15.0. The molecule has 0 saturated carbocycles. The first-order valence-electron chi connectivity index (χ1n) is 6.00. The van der Waals surface area contributed by atoms with Crippen molar-refractivity contribution in [2.45, 2.75) is 26.7 Å². The molecule has 0 aliphatic rings. The molecule has 1 rings (SSSR count). The van der Waals surface area contributed by atoms with Gasteiger partial charge in [0.15, 0.2) is 0 Å². The minimum absolute atomic E-state index is 0.0145. The third-order valence-electron chi connectivity index (χ3n) is 2.79. The maximum atomic E-state index is 12.9. The third-order valence-corrected chi connectivity index (χ3v) is 2.98. The summed E-state index contributed by atoms with van der Waals surface area (Å²) in [5.41, 5.74) is 0.668. The van der Waals surface area contributed by atoms with Crippen molar-refractivity contribution in [2.75, 3.05) is 12.4 Å². The smallest absolute Gasteiger partial charge is 0.224 e. The van der Waals surface area contributed by atoms with Crippen LogP contribution in [-0.4, -0.2) is 18.3 Å². The van der Waals surface area contributed by atoms with Crippen molar-refractivity contribution in [3.05, 3.63) is 35.6 Å². The Morgan fingerprint density at radius 2 is 2.17 bits per heavy atom. The molecule has 0 saturated heterocycles. The molecule has 18 heavy (non-hydrogen) atoms. The van der Waals surface area contributed by atoms with Crippen LogP contribution in [0, 0.1) is 11.2 Å². The van der Waals surface area contributed by atoms with Crippen LogP contribution >= 0.6 is 11.6 Å². The molecule has 0 heterocycles. The maximum absolute atomic E-state index is 12.9. The van der Waals surface area contributed by atoms with E-state index in [9.17, 15) is 9.18 Å². The Kier molecular flexibility index (Phi) is 5.60. The van der Waals surface area contributed by atoms with Crippen molar-refractivity contribution < 1.29 is 9.18 Å². The molecule has 0 radical (unpaired) electrons. The lowest BCUT2D eigenvalue weighted by Gasteiger charge is -2.23. The highest BCUT2D eigenvalue weighted by molar-refractivity contribution is 6.17. The molecule has 0 fully saturated rings. The number of alkyl halides is 1. The monoisotopic (exact) mass is 271 g/mol. The Hall–Kier alpha value is -1.09. The van der Waals surface area contributed by atoms with E-state index in [2.05, 4.69) is 19.2 Å². The minimum atomic E-state index is -0.317. The van der Waals surface area contributed by atoms with Crippen LogP contribution in [0.1, 0.15) is 25.8 Å². The summed E-state index contributed by atoms with van der Waals surface area (Å²) in [5, 5.41) is 2.86. The molecular formula is C14H19ClFNO. The van der Waals surface area contributed by atoms with Gasteiger partial charge >= 0.3 is 0 Å². The number of hydrogen-bond donors (Lipinski definition) is 1. The largest absolute Gasteiger partial charge is 0.355 e. The lowest BCUT2D eigenvalue weighted by Crippen LogP contribution is -2.35. The summed E-state index contributed by atoms with van der Waals surface area (Å²) < 4.78 is 12.9. The number of hydrogen-bond acceptors (Lipinski definition) is 1. The quantitative estimate of drug-likeness (QED) is 0.792.